The molecule has 0 aliphatic carbocycles. The van der Waals surface area contributed by atoms with Gasteiger partial charge in [-0.1, -0.05) is 22.6 Å². The second-order valence-electron chi connectivity index (χ2n) is 2.70. The minimum absolute atomic E-state index is 0.0386. The molecule has 0 atom stereocenters. The highest BCUT2D eigenvalue weighted by Gasteiger charge is 2.15. The van der Waals surface area contributed by atoms with Gasteiger partial charge in [-0.15, -0.1) is 0 Å². The first kappa shape index (κ1) is 9.20. The fraction of sp³-hybridized carbons (Fsp3) is 0.833. The molecule has 9 heavy (non-hydrogen) atoms. The van der Waals surface area contributed by atoms with E-state index in [0.29, 0.717) is 0 Å². The van der Waals surface area contributed by atoms with Crippen LogP contribution in [0.5, 0.6) is 0 Å². The highest BCUT2D eigenvalue weighted by atomic mass is 127. The Morgan fingerprint density at radius 3 is 2.22 bits per heavy atom. The standard InChI is InChI=1S/C6H12INO/c1-5(9)8-6(2,3)4-7/h4H2,1-3H3,(H,8,9). The summed E-state index contributed by atoms with van der Waals surface area (Å²) < 4.78 is 0.935. The summed E-state index contributed by atoms with van der Waals surface area (Å²) in [6.45, 7) is 5.54. The van der Waals surface area contributed by atoms with Crippen LogP contribution in [0.2, 0.25) is 0 Å². The zero-order chi connectivity index (χ0) is 7.49. The molecule has 0 aromatic carbocycles. The average Bonchev–Trinajstić information content (AvgIpc) is 1.63. The molecule has 1 amide bonds. The highest BCUT2D eigenvalue weighted by Crippen LogP contribution is 2.05. The van der Waals surface area contributed by atoms with Crippen molar-refractivity contribution in [2.45, 2.75) is 26.3 Å². The molecule has 3 heteroatoms. The summed E-state index contributed by atoms with van der Waals surface area (Å²) in [7, 11) is 0. The Balaban J connectivity index is 3.71. The molecule has 0 unspecified atom stereocenters. The quantitative estimate of drug-likeness (QED) is 0.573. The molecule has 0 aromatic rings. The van der Waals surface area contributed by atoms with Crippen molar-refractivity contribution >= 4 is 28.5 Å². The molecule has 0 bridgehead atoms. The Labute approximate surface area is 69.5 Å². The summed E-state index contributed by atoms with van der Waals surface area (Å²) in [6.07, 6.45) is 0. The lowest BCUT2D eigenvalue weighted by Gasteiger charge is -2.22. The van der Waals surface area contributed by atoms with E-state index in [1.165, 1.54) is 6.92 Å². The zero-order valence-corrected chi connectivity index (χ0v) is 8.15. The normalized spacial score (nSPS) is 11.1. The van der Waals surface area contributed by atoms with E-state index in [1.54, 1.807) is 0 Å². The monoisotopic (exact) mass is 241 g/mol. The summed E-state index contributed by atoms with van der Waals surface area (Å²) in [4.78, 5) is 10.5. The van der Waals surface area contributed by atoms with Gasteiger partial charge in [0.05, 0.1) is 0 Å². The van der Waals surface area contributed by atoms with Gasteiger partial charge >= 0.3 is 0 Å². The van der Waals surface area contributed by atoms with Crippen molar-refractivity contribution in [1.29, 1.82) is 0 Å². The molecule has 0 saturated heterocycles. The third-order valence-electron chi connectivity index (χ3n) is 0.848. The Morgan fingerprint density at radius 2 is 2.11 bits per heavy atom. The van der Waals surface area contributed by atoms with Gasteiger partial charge in [0.1, 0.15) is 0 Å². The molecule has 0 aromatic heterocycles. The molecule has 0 fully saturated rings. The number of hydrogen-bond donors (Lipinski definition) is 1. The highest BCUT2D eigenvalue weighted by molar-refractivity contribution is 14.1. The van der Waals surface area contributed by atoms with Crippen LogP contribution in [-0.2, 0) is 4.79 Å². The minimum atomic E-state index is -0.0492. The SMILES string of the molecule is CC(=O)NC(C)(C)CI. The minimum Gasteiger partial charge on any atom is -0.351 e. The molecular formula is C6H12INO. The van der Waals surface area contributed by atoms with Gasteiger partial charge in [-0.05, 0) is 13.8 Å². The van der Waals surface area contributed by atoms with Crippen LogP contribution >= 0.6 is 22.6 Å². The number of alkyl halides is 1. The van der Waals surface area contributed by atoms with E-state index in [-0.39, 0.29) is 11.4 Å². The summed E-state index contributed by atoms with van der Waals surface area (Å²) in [5.41, 5.74) is -0.0492. The smallest absolute Gasteiger partial charge is 0.217 e. The van der Waals surface area contributed by atoms with Crippen molar-refractivity contribution in [3.63, 3.8) is 0 Å². The first-order valence-electron chi connectivity index (χ1n) is 2.82. The average molecular weight is 241 g/mol. The first-order chi connectivity index (χ1) is 3.98. The number of nitrogens with one attached hydrogen (secondary N) is 1. The topological polar surface area (TPSA) is 29.1 Å². The fourth-order valence-electron chi connectivity index (χ4n) is 0.510. The summed E-state index contributed by atoms with van der Waals surface area (Å²) in [5.74, 6) is 0.0386. The summed E-state index contributed by atoms with van der Waals surface area (Å²) in [5, 5.41) is 2.82. The van der Waals surface area contributed by atoms with Crippen molar-refractivity contribution in [3.05, 3.63) is 0 Å². The predicted molar refractivity (Wildman–Crippen MR) is 46.8 cm³/mol. The molecule has 0 spiro atoms. The summed E-state index contributed by atoms with van der Waals surface area (Å²) in [6, 6.07) is 0. The molecular weight excluding hydrogens is 229 g/mol. The van der Waals surface area contributed by atoms with E-state index in [0.717, 1.165) is 4.43 Å². The van der Waals surface area contributed by atoms with Crippen molar-refractivity contribution in [3.8, 4) is 0 Å². The molecule has 0 heterocycles. The lowest BCUT2D eigenvalue weighted by molar-refractivity contribution is -0.120. The number of hydrogen-bond acceptors (Lipinski definition) is 1. The largest absolute Gasteiger partial charge is 0.351 e. The van der Waals surface area contributed by atoms with E-state index in [2.05, 4.69) is 27.9 Å². The second-order valence-corrected chi connectivity index (χ2v) is 3.46. The van der Waals surface area contributed by atoms with E-state index >= 15 is 0 Å². The van der Waals surface area contributed by atoms with E-state index in [1.807, 2.05) is 13.8 Å². The van der Waals surface area contributed by atoms with Crippen LogP contribution in [0.25, 0.3) is 0 Å². The number of halogens is 1. The summed E-state index contributed by atoms with van der Waals surface area (Å²) >= 11 is 2.25. The fourth-order valence-corrected chi connectivity index (χ4v) is 0.701. The van der Waals surface area contributed by atoms with Crippen LogP contribution in [-0.4, -0.2) is 15.9 Å². The third-order valence-corrected chi connectivity index (χ3v) is 2.76. The van der Waals surface area contributed by atoms with Crippen LogP contribution < -0.4 is 5.32 Å². The van der Waals surface area contributed by atoms with E-state index in [9.17, 15) is 4.79 Å². The Morgan fingerprint density at radius 1 is 1.67 bits per heavy atom. The van der Waals surface area contributed by atoms with Crippen molar-refractivity contribution in [2.24, 2.45) is 0 Å². The molecule has 0 saturated carbocycles. The van der Waals surface area contributed by atoms with Gasteiger partial charge in [0.15, 0.2) is 0 Å². The van der Waals surface area contributed by atoms with Gasteiger partial charge in [0, 0.05) is 16.9 Å². The Bertz CT molecular complexity index is 112. The Kier molecular flexibility index (Phi) is 3.46. The molecule has 0 radical (unpaired) electrons. The zero-order valence-electron chi connectivity index (χ0n) is 5.99. The van der Waals surface area contributed by atoms with Crippen molar-refractivity contribution in [1.82, 2.24) is 5.32 Å². The number of carbonyl (C=O) groups excluding carboxylic acids is 1. The van der Waals surface area contributed by atoms with Gasteiger partial charge in [0.2, 0.25) is 5.91 Å². The van der Waals surface area contributed by atoms with Gasteiger partial charge in [-0.25, -0.2) is 0 Å². The molecule has 0 aliphatic rings. The van der Waals surface area contributed by atoms with Crippen LogP contribution in [0.1, 0.15) is 20.8 Å². The van der Waals surface area contributed by atoms with Gasteiger partial charge in [0.25, 0.3) is 0 Å². The molecule has 1 N–H and O–H groups in total. The lowest BCUT2D eigenvalue weighted by Crippen LogP contribution is -2.43. The maximum absolute atomic E-state index is 10.5. The first-order valence-corrected chi connectivity index (χ1v) is 4.35. The van der Waals surface area contributed by atoms with Crippen molar-refractivity contribution < 1.29 is 4.79 Å². The number of amides is 1. The van der Waals surface area contributed by atoms with Crippen LogP contribution in [0.15, 0.2) is 0 Å². The predicted octanol–water partition coefficient (Wildman–Crippen LogP) is 1.34. The lowest BCUT2D eigenvalue weighted by atomic mass is 10.1. The van der Waals surface area contributed by atoms with Gasteiger partial charge in [-0.2, -0.15) is 0 Å². The van der Waals surface area contributed by atoms with Crippen LogP contribution in [0.4, 0.5) is 0 Å². The maximum atomic E-state index is 10.5. The van der Waals surface area contributed by atoms with E-state index in [4.69, 9.17) is 0 Å². The Hall–Kier alpha value is 0.200. The molecule has 0 rings (SSSR count). The third kappa shape index (κ3) is 4.69. The van der Waals surface area contributed by atoms with E-state index < -0.39 is 0 Å². The molecule has 0 aliphatic heterocycles. The van der Waals surface area contributed by atoms with Crippen molar-refractivity contribution in [2.75, 3.05) is 4.43 Å². The second kappa shape index (κ2) is 3.39. The molecule has 2 nitrogen and oxygen atoms in total. The number of carbonyl (C=O) groups is 1. The maximum Gasteiger partial charge on any atom is 0.217 e. The van der Waals surface area contributed by atoms with Crippen LogP contribution in [0.3, 0.4) is 0 Å². The number of rotatable bonds is 2. The van der Waals surface area contributed by atoms with Crippen LogP contribution in [0, 0.1) is 0 Å². The van der Waals surface area contributed by atoms with Gasteiger partial charge < -0.3 is 5.32 Å². The molecule has 54 valence electrons. The van der Waals surface area contributed by atoms with Gasteiger partial charge in [-0.3, -0.25) is 4.79 Å².